The van der Waals surface area contributed by atoms with Gasteiger partial charge in [0.15, 0.2) is 11.5 Å². The van der Waals surface area contributed by atoms with Gasteiger partial charge in [0.25, 0.3) is 5.91 Å². The van der Waals surface area contributed by atoms with Crippen LogP contribution in [0, 0.1) is 5.92 Å². The predicted molar refractivity (Wildman–Crippen MR) is 141 cm³/mol. The number of halogens is 3. The first kappa shape index (κ1) is 27.3. The van der Waals surface area contributed by atoms with Crippen molar-refractivity contribution in [3.8, 4) is 17.2 Å². The lowest BCUT2D eigenvalue weighted by Gasteiger charge is -2.31. The molecular weight excluding hydrogens is 527 g/mol. The standard InChI is InChI=1S/C27H28F3N7O3/c1-15(31)23-22(25(38)37-12-8-16(9-13-37)14-34-26-32-10-3-11-33-26)36-24(40-23)18-4-6-19(39-2)21-17(18)5-7-20(35-21)27(28,29)30/h3-7,10-11,15-16H,8-9,12-14,31H2,1-2H3,(H,32,33,34)/t15-/m0/s1. The summed E-state index contributed by atoms with van der Waals surface area (Å²) in [6.07, 6.45) is 0.270. The van der Waals surface area contributed by atoms with Crippen molar-refractivity contribution in [2.24, 2.45) is 11.7 Å². The minimum atomic E-state index is -4.63. The van der Waals surface area contributed by atoms with Crippen LogP contribution in [0.1, 0.15) is 47.7 Å². The third-order valence-corrected chi connectivity index (χ3v) is 6.85. The highest BCUT2D eigenvalue weighted by Gasteiger charge is 2.34. The first-order valence-electron chi connectivity index (χ1n) is 12.8. The van der Waals surface area contributed by atoms with Crippen LogP contribution in [0.3, 0.4) is 0 Å². The number of benzene rings is 1. The summed E-state index contributed by atoms with van der Waals surface area (Å²) in [7, 11) is 1.35. The zero-order valence-corrected chi connectivity index (χ0v) is 21.9. The number of carbonyl (C=O) groups is 1. The Balaban J connectivity index is 1.39. The first-order chi connectivity index (χ1) is 19.2. The summed E-state index contributed by atoms with van der Waals surface area (Å²) >= 11 is 0. The van der Waals surface area contributed by atoms with Gasteiger partial charge in [0, 0.05) is 43.0 Å². The van der Waals surface area contributed by atoms with E-state index in [1.54, 1.807) is 36.4 Å². The molecule has 1 saturated heterocycles. The largest absolute Gasteiger partial charge is 0.494 e. The summed E-state index contributed by atoms with van der Waals surface area (Å²) in [6, 6.07) is 6.37. The summed E-state index contributed by atoms with van der Waals surface area (Å²) in [6.45, 7) is 3.42. The maximum atomic E-state index is 13.5. The van der Waals surface area contributed by atoms with Crippen molar-refractivity contribution in [1.82, 2.24) is 24.8 Å². The molecule has 13 heteroatoms. The second-order valence-corrected chi connectivity index (χ2v) is 9.62. The molecule has 0 spiro atoms. The average molecular weight is 556 g/mol. The average Bonchev–Trinajstić information content (AvgIpc) is 3.41. The second kappa shape index (κ2) is 11.1. The van der Waals surface area contributed by atoms with Gasteiger partial charge in [0.05, 0.1) is 13.2 Å². The van der Waals surface area contributed by atoms with Crippen molar-refractivity contribution >= 4 is 22.8 Å². The van der Waals surface area contributed by atoms with Gasteiger partial charge in [0.2, 0.25) is 11.8 Å². The van der Waals surface area contributed by atoms with Crippen molar-refractivity contribution in [3.05, 3.63) is 59.9 Å². The summed E-state index contributed by atoms with van der Waals surface area (Å²) in [5.41, 5.74) is 5.54. The first-order valence-corrected chi connectivity index (χ1v) is 12.8. The number of nitrogens with one attached hydrogen (secondary N) is 1. The molecule has 0 radical (unpaired) electrons. The Bertz CT molecular complexity index is 1500. The number of oxazole rings is 1. The number of amides is 1. The Morgan fingerprint density at radius 3 is 2.55 bits per heavy atom. The number of alkyl halides is 3. The molecule has 1 aliphatic rings. The smallest absolute Gasteiger partial charge is 0.433 e. The van der Waals surface area contributed by atoms with E-state index in [-0.39, 0.29) is 34.5 Å². The Morgan fingerprint density at radius 2 is 1.90 bits per heavy atom. The van der Waals surface area contributed by atoms with Crippen molar-refractivity contribution in [2.75, 3.05) is 32.1 Å². The fraction of sp³-hybridized carbons (Fsp3) is 0.370. The molecule has 1 atom stereocenters. The number of hydrogen-bond donors (Lipinski definition) is 2. The number of fused-ring (bicyclic) bond motifs is 1. The Labute approximate surface area is 227 Å². The van der Waals surface area contributed by atoms with Crippen LogP contribution < -0.4 is 15.8 Å². The number of aromatic nitrogens is 4. The van der Waals surface area contributed by atoms with Gasteiger partial charge in [0.1, 0.15) is 17.0 Å². The van der Waals surface area contributed by atoms with Crippen LogP contribution in [-0.2, 0) is 6.18 Å². The van der Waals surface area contributed by atoms with E-state index in [4.69, 9.17) is 14.9 Å². The van der Waals surface area contributed by atoms with Crippen molar-refractivity contribution in [3.63, 3.8) is 0 Å². The number of pyridine rings is 1. The third-order valence-electron chi connectivity index (χ3n) is 6.85. The highest BCUT2D eigenvalue weighted by molar-refractivity contribution is 5.98. The molecule has 1 aromatic carbocycles. The highest BCUT2D eigenvalue weighted by Crippen LogP contribution is 2.37. The van der Waals surface area contributed by atoms with Gasteiger partial charge < -0.3 is 25.1 Å². The molecule has 3 aromatic heterocycles. The number of rotatable bonds is 7. The number of anilines is 1. The van der Waals surface area contributed by atoms with Gasteiger partial charge in [-0.1, -0.05) is 0 Å². The molecule has 1 aliphatic heterocycles. The van der Waals surface area contributed by atoms with Gasteiger partial charge in [-0.2, -0.15) is 13.2 Å². The predicted octanol–water partition coefficient (Wildman–Crippen LogP) is 4.69. The molecule has 40 heavy (non-hydrogen) atoms. The topological polar surface area (TPSA) is 132 Å². The number of piperidine rings is 1. The van der Waals surface area contributed by atoms with Crippen molar-refractivity contribution in [1.29, 1.82) is 0 Å². The van der Waals surface area contributed by atoms with E-state index < -0.39 is 17.9 Å². The van der Waals surface area contributed by atoms with Crippen LogP contribution in [0.15, 0.2) is 47.1 Å². The molecule has 4 heterocycles. The fourth-order valence-electron chi connectivity index (χ4n) is 4.73. The van der Waals surface area contributed by atoms with Crippen LogP contribution in [0.2, 0.25) is 0 Å². The van der Waals surface area contributed by atoms with E-state index in [0.29, 0.717) is 42.5 Å². The molecule has 10 nitrogen and oxygen atoms in total. The molecule has 0 bridgehead atoms. The van der Waals surface area contributed by atoms with E-state index >= 15 is 0 Å². The van der Waals surface area contributed by atoms with Crippen LogP contribution >= 0.6 is 0 Å². The molecule has 5 rings (SSSR count). The number of hydrogen-bond acceptors (Lipinski definition) is 9. The normalized spacial score (nSPS) is 15.3. The van der Waals surface area contributed by atoms with Crippen LogP contribution in [0.5, 0.6) is 5.75 Å². The molecule has 1 amide bonds. The van der Waals surface area contributed by atoms with E-state index in [1.807, 2.05) is 0 Å². The Kier molecular flexibility index (Phi) is 7.57. The molecule has 3 N–H and O–H groups in total. The van der Waals surface area contributed by atoms with Crippen LogP contribution in [0.25, 0.3) is 22.4 Å². The molecule has 210 valence electrons. The summed E-state index contributed by atoms with van der Waals surface area (Å²) in [5.74, 6) is 1.02. The lowest BCUT2D eigenvalue weighted by Crippen LogP contribution is -2.40. The quantitative estimate of drug-likeness (QED) is 0.333. The molecule has 0 saturated carbocycles. The summed E-state index contributed by atoms with van der Waals surface area (Å²) < 4.78 is 51.2. The van der Waals surface area contributed by atoms with Gasteiger partial charge >= 0.3 is 6.18 Å². The Hall–Kier alpha value is -4.26. The summed E-state index contributed by atoms with van der Waals surface area (Å²) in [5, 5.41) is 3.56. The monoisotopic (exact) mass is 555 g/mol. The maximum Gasteiger partial charge on any atom is 0.433 e. The lowest BCUT2D eigenvalue weighted by atomic mass is 9.96. The van der Waals surface area contributed by atoms with Gasteiger partial charge in [-0.3, -0.25) is 4.79 Å². The number of carbonyl (C=O) groups excluding carboxylic acids is 1. The van der Waals surface area contributed by atoms with E-state index in [0.717, 1.165) is 18.9 Å². The minimum Gasteiger partial charge on any atom is -0.494 e. The van der Waals surface area contributed by atoms with Crippen LogP contribution in [-0.4, -0.2) is 57.5 Å². The Morgan fingerprint density at radius 1 is 1.18 bits per heavy atom. The highest BCUT2D eigenvalue weighted by atomic mass is 19.4. The molecule has 1 fully saturated rings. The maximum absolute atomic E-state index is 13.5. The number of methoxy groups -OCH3 is 1. The number of likely N-dealkylation sites (tertiary alicyclic amines) is 1. The second-order valence-electron chi connectivity index (χ2n) is 9.62. The van der Waals surface area contributed by atoms with E-state index in [9.17, 15) is 18.0 Å². The van der Waals surface area contributed by atoms with Crippen molar-refractivity contribution < 1.29 is 27.1 Å². The lowest BCUT2D eigenvalue weighted by molar-refractivity contribution is -0.140. The fourth-order valence-corrected chi connectivity index (χ4v) is 4.73. The van der Waals surface area contributed by atoms with Crippen molar-refractivity contribution in [2.45, 2.75) is 32.0 Å². The van der Waals surface area contributed by atoms with Gasteiger partial charge in [-0.15, -0.1) is 0 Å². The number of ether oxygens (including phenoxy) is 1. The number of nitrogens with two attached hydrogens (primary N) is 1. The zero-order valence-electron chi connectivity index (χ0n) is 21.9. The SMILES string of the molecule is COc1ccc(-c2nc(C(=O)N3CCC(CNc4ncccn4)CC3)c([C@H](C)N)o2)c2ccc(C(F)(F)F)nc12. The van der Waals surface area contributed by atoms with E-state index in [1.165, 1.54) is 19.2 Å². The molecular formula is C27H28F3N7O3. The zero-order chi connectivity index (χ0) is 28.4. The molecule has 0 aliphatic carbocycles. The van der Waals surface area contributed by atoms with E-state index in [2.05, 4.69) is 25.3 Å². The number of nitrogens with zero attached hydrogens (tertiary/aromatic N) is 5. The van der Waals surface area contributed by atoms with Gasteiger partial charge in [-0.25, -0.2) is 19.9 Å². The molecule has 4 aromatic rings. The third kappa shape index (κ3) is 5.55. The summed E-state index contributed by atoms with van der Waals surface area (Å²) in [4.78, 5) is 31.9. The van der Waals surface area contributed by atoms with Crippen LogP contribution in [0.4, 0.5) is 19.1 Å². The van der Waals surface area contributed by atoms with Gasteiger partial charge in [-0.05, 0) is 56.0 Å². The minimum absolute atomic E-state index is 0.000155. The molecule has 0 unspecified atom stereocenters.